The van der Waals surface area contributed by atoms with Gasteiger partial charge in [-0.2, -0.15) is 0 Å². The number of amides is 5. The third kappa shape index (κ3) is 12.1. The number of hydrogen-bond acceptors (Lipinski definition) is 7. The van der Waals surface area contributed by atoms with Crippen LogP contribution in [0.5, 0.6) is 5.75 Å². The minimum Gasteiger partial charge on any atom is -0.508 e. The van der Waals surface area contributed by atoms with E-state index in [9.17, 15) is 33.5 Å². The number of benzene rings is 3. The molecular formula is C35H43FN6O6. The van der Waals surface area contributed by atoms with E-state index < -0.39 is 59.5 Å². The standard InChI is InChI=1S/C35H43FN6O6/c1-21(2)16-28(39-31(44)20-37)33(46)41-30(19-24-10-14-26(43)15-11-24)35(48)42-29(18-23-8-12-25(36)13-9-23)34(47)40-27(32(38)45)17-22-6-4-3-5-7-22/h3-15,21,27-30,43H,16-20,37H2,1-2H3,(H2,38,45)(H,39,44)(H,40,47)(H,41,46)(H,42,48). The molecular weight excluding hydrogens is 619 g/mol. The Morgan fingerprint density at radius 3 is 1.56 bits per heavy atom. The van der Waals surface area contributed by atoms with Crippen LogP contribution >= 0.6 is 0 Å². The van der Waals surface area contributed by atoms with Crippen molar-refractivity contribution in [1.29, 1.82) is 0 Å². The van der Waals surface area contributed by atoms with E-state index in [1.54, 1.807) is 42.5 Å². The van der Waals surface area contributed by atoms with Crippen LogP contribution < -0.4 is 32.7 Å². The van der Waals surface area contributed by atoms with E-state index in [-0.39, 0.29) is 43.9 Å². The van der Waals surface area contributed by atoms with E-state index in [0.29, 0.717) is 11.1 Å². The van der Waals surface area contributed by atoms with Crippen LogP contribution in [0.2, 0.25) is 0 Å². The summed E-state index contributed by atoms with van der Waals surface area (Å²) in [5.74, 6) is -3.93. The van der Waals surface area contributed by atoms with E-state index in [1.807, 2.05) is 13.8 Å². The molecule has 0 aliphatic heterocycles. The maximum Gasteiger partial charge on any atom is 0.243 e. The normalized spacial score (nSPS) is 13.4. The quantitative estimate of drug-likeness (QED) is 0.112. The molecule has 13 heteroatoms. The third-order valence-corrected chi connectivity index (χ3v) is 7.48. The van der Waals surface area contributed by atoms with Gasteiger partial charge in [0.05, 0.1) is 6.54 Å². The number of halogens is 1. The zero-order valence-electron chi connectivity index (χ0n) is 26.9. The Balaban J connectivity index is 1.91. The molecule has 4 atom stereocenters. The lowest BCUT2D eigenvalue weighted by Gasteiger charge is -2.27. The third-order valence-electron chi connectivity index (χ3n) is 7.48. The van der Waals surface area contributed by atoms with Crippen molar-refractivity contribution in [2.75, 3.05) is 6.54 Å². The number of rotatable bonds is 17. The van der Waals surface area contributed by atoms with Crippen LogP contribution in [-0.2, 0) is 43.2 Å². The summed E-state index contributed by atoms with van der Waals surface area (Å²) in [5, 5.41) is 20.3. The molecule has 48 heavy (non-hydrogen) atoms. The first-order chi connectivity index (χ1) is 22.8. The largest absolute Gasteiger partial charge is 0.508 e. The minimum atomic E-state index is -1.27. The first-order valence-corrected chi connectivity index (χ1v) is 15.6. The number of primary amides is 1. The van der Waals surface area contributed by atoms with Gasteiger partial charge in [0.1, 0.15) is 35.7 Å². The van der Waals surface area contributed by atoms with Gasteiger partial charge >= 0.3 is 0 Å². The Kier molecular flexibility index (Phi) is 14.0. The molecule has 256 valence electrons. The zero-order valence-corrected chi connectivity index (χ0v) is 26.9. The Morgan fingerprint density at radius 2 is 1.08 bits per heavy atom. The Hall–Kier alpha value is -5.30. The SMILES string of the molecule is CC(C)CC(NC(=O)CN)C(=O)NC(Cc1ccc(O)cc1)C(=O)NC(Cc1ccc(F)cc1)C(=O)NC(Cc1ccccc1)C(N)=O. The first-order valence-electron chi connectivity index (χ1n) is 15.6. The van der Waals surface area contributed by atoms with Crippen molar-refractivity contribution in [2.24, 2.45) is 17.4 Å². The molecule has 3 aromatic carbocycles. The molecule has 3 aromatic rings. The van der Waals surface area contributed by atoms with Gasteiger partial charge in [0.2, 0.25) is 29.5 Å². The lowest BCUT2D eigenvalue weighted by atomic mass is 9.99. The van der Waals surface area contributed by atoms with Gasteiger partial charge in [-0.25, -0.2) is 4.39 Å². The van der Waals surface area contributed by atoms with Gasteiger partial charge in [-0.05, 0) is 53.3 Å². The summed E-state index contributed by atoms with van der Waals surface area (Å²) in [7, 11) is 0. The van der Waals surface area contributed by atoms with E-state index in [2.05, 4.69) is 21.3 Å². The summed E-state index contributed by atoms with van der Waals surface area (Å²) in [5.41, 5.74) is 12.9. The van der Waals surface area contributed by atoms with Crippen molar-refractivity contribution in [3.63, 3.8) is 0 Å². The maximum absolute atomic E-state index is 13.9. The first kappa shape index (κ1) is 37.2. The van der Waals surface area contributed by atoms with Gasteiger partial charge in [-0.15, -0.1) is 0 Å². The average molecular weight is 663 g/mol. The number of carbonyl (C=O) groups is 5. The Labute approximate surface area is 278 Å². The second-order valence-electron chi connectivity index (χ2n) is 11.9. The van der Waals surface area contributed by atoms with Crippen LogP contribution in [0.1, 0.15) is 37.0 Å². The number of carbonyl (C=O) groups excluding carboxylic acids is 5. The lowest BCUT2D eigenvalue weighted by Crippen LogP contribution is -2.59. The van der Waals surface area contributed by atoms with Crippen LogP contribution in [0.3, 0.4) is 0 Å². The van der Waals surface area contributed by atoms with E-state index in [0.717, 1.165) is 5.56 Å². The number of phenolic OH excluding ortho intramolecular Hbond substituents is 1. The molecule has 0 saturated carbocycles. The molecule has 0 aliphatic carbocycles. The van der Waals surface area contributed by atoms with Crippen LogP contribution in [0.25, 0.3) is 0 Å². The van der Waals surface area contributed by atoms with Crippen molar-refractivity contribution in [3.8, 4) is 5.75 Å². The number of nitrogens with two attached hydrogens (primary N) is 2. The van der Waals surface area contributed by atoms with Crippen LogP contribution in [0.4, 0.5) is 4.39 Å². The Bertz CT molecular complexity index is 1540. The highest BCUT2D eigenvalue weighted by Gasteiger charge is 2.31. The van der Waals surface area contributed by atoms with Gasteiger partial charge < -0.3 is 37.8 Å². The monoisotopic (exact) mass is 662 g/mol. The molecule has 0 bridgehead atoms. The van der Waals surface area contributed by atoms with Crippen molar-refractivity contribution in [1.82, 2.24) is 21.3 Å². The van der Waals surface area contributed by atoms with Crippen molar-refractivity contribution < 1.29 is 33.5 Å². The molecule has 3 rings (SSSR count). The molecule has 0 saturated heterocycles. The van der Waals surface area contributed by atoms with Crippen molar-refractivity contribution >= 4 is 29.5 Å². The summed E-state index contributed by atoms with van der Waals surface area (Å²) in [6.07, 6.45) is 0.234. The molecule has 0 aromatic heterocycles. The highest BCUT2D eigenvalue weighted by molar-refractivity contribution is 5.95. The number of nitrogens with one attached hydrogen (secondary N) is 4. The minimum absolute atomic E-state index is 0.000761. The molecule has 0 heterocycles. The van der Waals surface area contributed by atoms with E-state index in [1.165, 1.54) is 36.4 Å². The highest BCUT2D eigenvalue weighted by Crippen LogP contribution is 2.14. The average Bonchev–Trinajstić information content (AvgIpc) is 3.05. The number of aromatic hydroxyl groups is 1. The Morgan fingerprint density at radius 1 is 0.646 bits per heavy atom. The maximum atomic E-state index is 13.9. The smallest absolute Gasteiger partial charge is 0.243 e. The summed E-state index contributed by atoms with van der Waals surface area (Å²) in [6, 6.07) is 15.7. The number of phenols is 1. The molecule has 12 nitrogen and oxygen atoms in total. The summed E-state index contributed by atoms with van der Waals surface area (Å²) in [6.45, 7) is 3.40. The van der Waals surface area contributed by atoms with Crippen molar-refractivity contribution in [2.45, 2.75) is 63.7 Å². The van der Waals surface area contributed by atoms with Crippen LogP contribution in [0.15, 0.2) is 78.9 Å². The number of hydrogen-bond donors (Lipinski definition) is 7. The van der Waals surface area contributed by atoms with Crippen molar-refractivity contribution in [3.05, 3.63) is 101 Å². The fraction of sp³-hybridized carbons (Fsp3) is 0.343. The van der Waals surface area contributed by atoms with Gasteiger partial charge in [0.15, 0.2) is 0 Å². The van der Waals surface area contributed by atoms with E-state index >= 15 is 0 Å². The topological polar surface area (TPSA) is 206 Å². The summed E-state index contributed by atoms with van der Waals surface area (Å²) >= 11 is 0. The molecule has 0 radical (unpaired) electrons. The second-order valence-corrected chi connectivity index (χ2v) is 11.9. The van der Waals surface area contributed by atoms with Gasteiger partial charge in [-0.1, -0.05) is 68.4 Å². The molecule has 4 unspecified atom stereocenters. The van der Waals surface area contributed by atoms with Gasteiger partial charge in [0, 0.05) is 19.3 Å². The predicted molar refractivity (Wildman–Crippen MR) is 177 cm³/mol. The molecule has 5 amide bonds. The van der Waals surface area contributed by atoms with Gasteiger partial charge in [-0.3, -0.25) is 24.0 Å². The second kappa shape index (κ2) is 18.1. The molecule has 0 fully saturated rings. The summed E-state index contributed by atoms with van der Waals surface area (Å²) in [4.78, 5) is 65.5. The highest BCUT2D eigenvalue weighted by atomic mass is 19.1. The molecule has 9 N–H and O–H groups in total. The van der Waals surface area contributed by atoms with Crippen LogP contribution in [-0.4, -0.2) is 65.4 Å². The predicted octanol–water partition coefficient (Wildman–Crippen LogP) is 0.989. The van der Waals surface area contributed by atoms with Crippen LogP contribution in [0, 0.1) is 11.7 Å². The molecule has 0 aliphatic rings. The summed E-state index contributed by atoms with van der Waals surface area (Å²) < 4.78 is 13.7. The molecule has 0 spiro atoms. The van der Waals surface area contributed by atoms with Gasteiger partial charge in [0.25, 0.3) is 0 Å². The zero-order chi connectivity index (χ0) is 35.2. The fourth-order valence-corrected chi connectivity index (χ4v) is 4.99. The fourth-order valence-electron chi connectivity index (χ4n) is 4.99. The van der Waals surface area contributed by atoms with E-state index in [4.69, 9.17) is 11.5 Å². The lowest BCUT2D eigenvalue weighted by molar-refractivity contribution is -0.134.